The minimum Gasteiger partial charge on any atom is -0.309 e. The molecule has 2 heteroatoms. The van der Waals surface area contributed by atoms with Gasteiger partial charge in [-0.25, -0.2) is 0 Å². The first kappa shape index (κ1) is 19.3. The van der Waals surface area contributed by atoms with Gasteiger partial charge in [0.2, 0.25) is 0 Å². The minimum atomic E-state index is -0.746. The topological polar surface area (TPSA) is 17.8 Å². The van der Waals surface area contributed by atoms with E-state index in [1.807, 2.05) is 44.3 Å². The summed E-state index contributed by atoms with van der Waals surface area (Å²) < 4.78 is 11.0. The largest absolute Gasteiger partial charge is 0.309 e. The van der Waals surface area contributed by atoms with E-state index in [2.05, 4.69) is 89.5 Å². The van der Waals surface area contributed by atoms with Gasteiger partial charge in [-0.2, -0.15) is 0 Å². The zero-order chi connectivity index (χ0) is 24.0. The van der Waals surface area contributed by atoms with E-state index in [4.69, 9.17) is 6.35 Å². The fraction of sp³-hybridized carbons (Fsp3) is 0.0938. The van der Waals surface area contributed by atoms with Crippen LogP contribution < -0.4 is 0 Å². The van der Waals surface area contributed by atoms with Gasteiger partial charge in [0.15, 0.2) is 0 Å². The highest BCUT2D eigenvalue weighted by Gasteiger charge is 2.15. The maximum absolute atomic E-state index is 8.68. The number of rotatable bonds is 4. The summed E-state index contributed by atoms with van der Waals surface area (Å²) >= 11 is 0. The normalized spacial score (nSPS) is 12.2. The lowest BCUT2D eigenvalue weighted by Gasteiger charge is -2.14. The van der Waals surface area contributed by atoms with Crippen LogP contribution in [0.25, 0.3) is 49.9 Å². The predicted molar refractivity (Wildman–Crippen MR) is 144 cm³/mol. The van der Waals surface area contributed by atoms with Gasteiger partial charge in [-0.1, -0.05) is 86.6 Å². The predicted octanol–water partition coefficient (Wildman–Crippen LogP) is 8.64. The first-order valence-electron chi connectivity index (χ1n) is 12.2. The molecule has 6 aromatic rings. The molecule has 2 aromatic heterocycles. The molecule has 0 atom stereocenters. The van der Waals surface area contributed by atoms with Crippen molar-refractivity contribution in [2.75, 3.05) is 0 Å². The first-order chi connectivity index (χ1) is 17.0. The van der Waals surface area contributed by atoms with Crippen molar-refractivity contribution in [2.24, 2.45) is 0 Å². The van der Waals surface area contributed by atoms with Crippen LogP contribution in [0.15, 0.2) is 115 Å². The van der Waals surface area contributed by atoms with Crippen molar-refractivity contribution in [3.05, 3.63) is 121 Å². The smallest absolute Gasteiger partial charge is 0.0708 e. The standard InChI is InChI=1S/C32H26N2/c1-22(2)29-21-33-30(20-27(29)23-11-5-3-6-12-23)24-17-18-32-28(19-24)26-15-9-10-16-31(26)34(32)25-13-7-4-8-14-25/h3-22H,1-2H3/i22D. The quantitative estimate of drug-likeness (QED) is 0.269. The highest BCUT2D eigenvalue weighted by Crippen LogP contribution is 2.36. The molecule has 4 aromatic carbocycles. The zero-order valence-corrected chi connectivity index (χ0v) is 19.4. The van der Waals surface area contributed by atoms with Crippen molar-refractivity contribution in [1.82, 2.24) is 9.55 Å². The second kappa shape index (κ2) is 8.31. The second-order valence-electron chi connectivity index (χ2n) is 8.90. The molecule has 0 aliphatic rings. The Kier molecular flexibility index (Phi) is 4.72. The van der Waals surface area contributed by atoms with Crippen LogP contribution in [0.4, 0.5) is 0 Å². The summed E-state index contributed by atoms with van der Waals surface area (Å²) in [5.74, 6) is -0.746. The van der Waals surface area contributed by atoms with Crippen LogP contribution in [-0.2, 0) is 0 Å². The Morgan fingerprint density at radius 1 is 0.676 bits per heavy atom. The number of benzene rings is 4. The van der Waals surface area contributed by atoms with Gasteiger partial charge in [-0.3, -0.25) is 4.98 Å². The maximum Gasteiger partial charge on any atom is 0.0708 e. The van der Waals surface area contributed by atoms with E-state index in [1.54, 1.807) is 0 Å². The van der Waals surface area contributed by atoms with Crippen molar-refractivity contribution < 1.29 is 1.37 Å². The summed E-state index contributed by atoms with van der Waals surface area (Å²) in [6, 6.07) is 38.1. The SMILES string of the molecule is [2H]C(C)(C)c1cnc(-c2ccc3c(c2)c2ccccc2n3-c2ccccc2)cc1-c1ccccc1. The Labute approximate surface area is 201 Å². The molecule has 0 bridgehead atoms. The molecule has 0 unspecified atom stereocenters. The number of pyridine rings is 1. The second-order valence-corrected chi connectivity index (χ2v) is 8.90. The maximum atomic E-state index is 8.68. The Bertz CT molecular complexity index is 1660. The van der Waals surface area contributed by atoms with Gasteiger partial charge in [0.1, 0.15) is 0 Å². The first-order valence-corrected chi connectivity index (χ1v) is 11.7. The van der Waals surface area contributed by atoms with Gasteiger partial charge in [0.05, 0.1) is 16.7 Å². The molecule has 0 N–H and O–H groups in total. The van der Waals surface area contributed by atoms with E-state index in [0.29, 0.717) is 0 Å². The minimum absolute atomic E-state index is 0.746. The molecule has 0 saturated heterocycles. The highest BCUT2D eigenvalue weighted by molar-refractivity contribution is 6.10. The van der Waals surface area contributed by atoms with Crippen LogP contribution in [0.5, 0.6) is 0 Å². The van der Waals surface area contributed by atoms with Gasteiger partial charge >= 0.3 is 0 Å². The third-order valence-electron chi connectivity index (χ3n) is 6.51. The van der Waals surface area contributed by atoms with Crippen molar-refractivity contribution in [3.8, 4) is 28.1 Å². The van der Waals surface area contributed by atoms with Crippen molar-refractivity contribution in [3.63, 3.8) is 0 Å². The third kappa shape index (κ3) is 3.39. The van der Waals surface area contributed by atoms with Crippen molar-refractivity contribution in [1.29, 1.82) is 0 Å². The molecule has 0 aliphatic carbocycles. The summed E-state index contributed by atoms with van der Waals surface area (Å²) in [5, 5.41) is 2.43. The van der Waals surface area contributed by atoms with E-state index in [0.717, 1.165) is 33.6 Å². The molecule has 0 amide bonds. The molecule has 0 radical (unpaired) electrons. The lowest BCUT2D eigenvalue weighted by atomic mass is 9.93. The van der Waals surface area contributed by atoms with Gasteiger partial charge in [-0.15, -0.1) is 0 Å². The summed E-state index contributed by atoms with van der Waals surface area (Å²) in [5.41, 5.74) is 8.58. The number of nitrogens with zero attached hydrogens (tertiary/aromatic N) is 2. The fourth-order valence-corrected chi connectivity index (χ4v) is 4.86. The molecule has 0 spiro atoms. The highest BCUT2D eigenvalue weighted by atomic mass is 15.0. The number of fused-ring (bicyclic) bond motifs is 3. The van der Waals surface area contributed by atoms with Gasteiger partial charge < -0.3 is 4.57 Å². The Balaban J connectivity index is 1.57. The summed E-state index contributed by atoms with van der Waals surface area (Å²) in [6.07, 6.45) is 1.88. The van der Waals surface area contributed by atoms with Crippen LogP contribution in [0.1, 0.15) is 26.7 Å². The molecule has 0 fully saturated rings. The van der Waals surface area contributed by atoms with Crippen LogP contribution in [0.3, 0.4) is 0 Å². The molecule has 34 heavy (non-hydrogen) atoms. The van der Waals surface area contributed by atoms with Gasteiger partial charge in [0.25, 0.3) is 0 Å². The zero-order valence-electron chi connectivity index (χ0n) is 20.4. The third-order valence-corrected chi connectivity index (χ3v) is 6.51. The Hall–Kier alpha value is -4.17. The average molecular weight is 440 g/mol. The van der Waals surface area contributed by atoms with E-state index in [1.165, 1.54) is 21.8 Å². The molecular formula is C32H26N2. The van der Waals surface area contributed by atoms with Gasteiger partial charge in [0, 0.05) is 29.6 Å². The average Bonchev–Trinajstić information content (AvgIpc) is 3.22. The molecule has 164 valence electrons. The molecule has 6 rings (SSSR count). The Morgan fingerprint density at radius 3 is 2.12 bits per heavy atom. The number of hydrogen-bond donors (Lipinski definition) is 0. The number of aromatic nitrogens is 2. The Morgan fingerprint density at radius 2 is 1.35 bits per heavy atom. The van der Waals surface area contributed by atoms with Crippen LogP contribution >= 0.6 is 0 Å². The number of para-hydroxylation sites is 2. The van der Waals surface area contributed by atoms with E-state index >= 15 is 0 Å². The fourth-order valence-electron chi connectivity index (χ4n) is 4.86. The molecule has 2 heterocycles. The summed E-state index contributed by atoms with van der Waals surface area (Å²) in [7, 11) is 0. The van der Waals surface area contributed by atoms with Crippen LogP contribution in [0, 0.1) is 0 Å². The lowest BCUT2D eigenvalue weighted by molar-refractivity contribution is 0.861. The molecular weight excluding hydrogens is 412 g/mol. The summed E-state index contributed by atoms with van der Waals surface area (Å²) in [4.78, 5) is 4.83. The lowest BCUT2D eigenvalue weighted by Crippen LogP contribution is -1.96. The summed E-state index contributed by atoms with van der Waals surface area (Å²) in [6.45, 7) is 3.83. The van der Waals surface area contributed by atoms with Crippen molar-refractivity contribution in [2.45, 2.75) is 19.7 Å². The monoisotopic (exact) mass is 439 g/mol. The van der Waals surface area contributed by atoms with Crippen LogP contribution in [0.2, 0.25) is 0 Å². The number of hydrogen-bond acceptors (Lipinski definition) is 1. The molecule has 2 nitrogen and oxygen atoms in total. The van der Waals surface area contributed by atoms with E-state index in [-0.39, 0.29) is 0 Å². The molecule has 0 aliphatic heterocycles. The van der Waals surface area contributed by atoms with Crippen molar-refractivity contribution >= 4 is 21.8 Å². The molecule has 0 saturated carbocycles. The van der Waals surface area contributed by atoms with Crippen LogP contribution in [-0.4, -0.2) is 9.55 Å². The van der Waals surface area contributed by atoms with E-state index < -0.39 is 5.89 Å². The van der Waals surface area contributed by atoms with Gasteiger partial charge in [-0.05, 0) is 59.0 Å². The van der Waals surface area contributed by atoms with E-state index in [9.17, 15) is 0 Å².